The molecule has 518 valence electrons. The van der Waals surface area contributed by atoms with Crippen molar-refractivity contribution in [2.45, 2.75) is 367 Å². The number of phosphoric ester groups is 1. The summed E-state index contributed by atoms with van der Waals surface area (Å²) in [5.41, 5.74) is 0. The molecule has 3 atom stereocenters. The first-order valence-electron chi connectivity index (χ1n) is 37.9. The Kier molecular flexibility index (Phi) is 65.9. The van der Waals surface area contributed by atoms with E-state index in [0.29, 0.717) is 17.4 Å². The van der Waals surface area contributed by atoms with Crippen LogP contribution in [0.4, 0.5) is 0 Å². The van der Waals surface area contributed by atoms with Crippen LogP contribution in [0.5, 0.6) is 0 Å². The van der Waals surface area contributed by atoms with Gasteiger partial charge in [0, 0.05) is 12.8 Å². The van der Waals surface area contributed by atoms with E-state index >= 15 is 0 Å². The summed E-state index contributed by atoms with van der Waals surface area (Å²) in [6.45, 7) is 6.82. The van der Waals surface area contributed by atoms with Crippen LogP contribution in [0.1, 0.15) is 355 Å². The third-order valence-electron chi connectivity index (χ3n) is 16.8. The molecule has 0 fully saturated rings. The van der Waals surface area contributed by atoms with Crippen molar-refractivity contribution >= 4 is 19.7 Å². The summed E-state index contributed by atoms with van der Waals surface area (Å²) in [4.78, 5) is 40.2. The maximum atomic E-state index is 13.6. The molecule has 0 rings (SSSR count). The number of hydrogen-bond donors (Lipinski definition) is 1. The molecule has 0 aliphatic carbocycles. The number of likely N-dealkylation sites (N-methyl/N-ethyl adjacent to an activating group) is 1. The number of quaternary nitrogens is 1. The topological polar surface area (TPSA) is 114 Å². The van der Waals surface area contributed by atoms with Gasteiger partial charge in [-0.25, -0.2) is 0 Å². The average molecular weight is 1270 g/mol. The SMILES string of the molecule is CCCCC/C=C\C/C=C\C/C=C\C/C=C\CCCCCCCCCCCC(=O)OC(/C=C/CCCCCCCCCCC)C(COP(=O)([O-])OCC[N+](C)(C)C)NC(=O)CCCCCCCCCCCCCCCCCCC/C=C\C/C=C\CCCCC. The highest BCUT2D eigenvalue weighted by Gasteiger charge is 2.27. The molecular weight excluding hydrogens is 1120 g/mol. The molecule has 0 aromatic heterocycles. The summed E-state index contributed by atoms with van der Waals surface area (Å²) in [6.07, 6.45) is 91.5. The minimum atomic E-state index is -4.71. The average Bonchev–Trinajstić information content (AvgIpc) is 3.64. The number of esters is 1. The fourth-order valence-electron chi connectivity index (χ4n) is 11.0. The van der Waals surface area contributed by atoms with E-state index in [9.17, 15) is 19.0 Å². The predicted octanol–water partition coefficient (Wildman–Crippen LogP) is 23.8. The smallest absolute Gasteiger partial charge is 0.306 e. The number of unbranched alkanes of at least 4 members (excludes halogenated alkanes) is 41. The number of nitrogens with one attached hydrogen (secondary N) is 1. The molecule has 0 aliphatic rings. The van der Waals surface area contributed by atoms with Crippen LogP contribution < -0.4 is 10.2 Å². The fourth-order valence-corrected chi connectivity index (χ4v) is 11.7. The number of allylic oxidation sites excluding steroid dienone is 13. The van der Waals surface area contributed by atoms with Gasteiger partial charge in [0.05, 0.1) is 33.8 Å². The Morgan fingerprint density at radius 2 is 0.685 bits per heavy atom. The lowest BCUT2D eigenvalue weighted by Gasteiger charge is -2.30. The van der Waals surface area contributed by atoms with Crippen LogP contribution in [0.3, 0.4) is 0 Å². The van der Waals surface area contributed by atoms with Crippen molar-refractivity contribution in [3.8, 4) is 0 Å². The van der Waals surface area contributed by atoms with Crippen molar-refractivity contribution in [3.05, 3.63) is 85.1 Å². The molecule has 3 unspecified atom stereocenters. The molecule has 0 spiro atoms. The van der Waals surface area contributed by atoms with Crippen LogP contribution in [-0.2, 0) is 27.9 Å². The number of carbonyl (C=O) groups excluding carboxylic acids is 2. The molecule has 1 N–H and O–H groups in total. The molecular formula is C79H145N2O7P. The summed E-state index contributed by atoms with van der Waals surface area (Å²) in [6, 6.07) is -0.894. The van der Waals surface area contributed by atoms with Gasteiger partial charge in [-0.3, -0.25) is 14.2 Å². The van der Waals surface area contributed by atoms with Crippen molar-refractivity contribution in [1.29, 1.82) is 0 Å². The van der Waals surface area contributed by atoms with Gasteiger partial charge in [0.2, 0.25) is 5.91 Å². The van der Waals surface area contributed by atoms with Gasteiger partial charge in [0.25, 0.3) is 7.82 Å². The zero-order chi connectivity index (χ0) is 64.9. The van der Waals surface area contributed by atoms with E-state index in [2.05, 4.69) is 99.0 Å². The fraction of sp³-hybridized carbons (Fsp3) is 0.797. The van der Waals surface area contributed by atoms with E-state index < -0.39 is 26.6 Å². The highest BCUT2D eigenvalue weighted by molar-refractivity contribution is 7.45. The highest BCUT2D eigenvalue weighted by Crippen LogP contribution is 2.38. The van der Waals surface area contributed by atoms with Crippen LogP contribution in [0.15, 0.2) is 85.1 Å². The number of amides is 1. The number of carbonyl (C=O) groups is 2. The lowest BCUT2D eigenvalue weighted by atomic mass is 10.0. The standard InChI is InChI=1S/C79H145N2O7P/c1-7-10-13-16-19-22-25-27-29-31-33-35-37-39-40-42-43-45-47-49-51-53-56-59-62-65-68-71-78(82)80-76(75-87-89(84,85)86-74-73-81(4,5)6)77(70-67-64-61-58-55-24-21-18-15-12-9-3)88-79(83)72-69-66-63-60-57-54-52-50-48-46-44-41-38-36-34-32-30-28-26-23-20-17-14-11-8-2/h19-20,22-23,27-30,34,36,41,44,67,70,76-77H,7-18,21,24-26,31-33,35,37-40,42-43,45-66,68-69,71-75H2,1-6H3,(H-,80,82,84,85)/b22-19-,23-20-,29-27-,30-28-,36-34-,44-41-,70-67+. The van der Waals surface area contributed by atoms with E-state index in [-0.39, 0.29) is 24.9 Å². The minimum Gasteiger partial charge on any atom is -0.756 e. The number of nitrogens with zero attached hydrogens (tertiary/aromatic N) is 1. The molecule has 0 bridgehead atoms. The Morgan fingerprint density at radius 1 is 0.393 bits per heavy atom. The molecule has 0 aliphatic heterocycles. The van der Waals surface area contributed by atoms with Crippen molar-refractivity contribution in [3.63, 3.8) is 0 Å². The van der Waals surface area contributed by atoms with E-state index in [1.807, 2.05) is 33.3 Å². The van der Waals surface area contributed by atoms with Gasteiger partial charge in [-0.15, -0.1) is 0 Å². The number of rotatable bonds is 69. The first-order valence-corrected chi connectivity index (χ1v) is 39.4. The molecule has 89 heavy (non-hydrogen) atoms. The Labute approximate surface area is 552 Å². The zero-order valence-electron chi connectivity index (χ0n) is 59.4. The summed E-state index contributed by atoms with van der Waals surface area (Å²) in [7, 11) is 1.19. The quantitative estimate of drug-likeness (QED) is 0.0212. The van der Waals surface area contributed by atoms with Gasteiger partial charge in [-0.2, -0.15) is 0 Å². The van der Waals surface area contributed by atoms with Crippen LogP contribution in [0.2, 0.25) is 0 Å². The van der Waals surface area contributed by atoms with Crippen LogP contribution >= 0.6 is 7.82 Å². The molecule has 10 heteroatoms. The van der Waals surface area contributed by atoms with Crippen molar-refractivity contribution in [2.24, 2.45) is 0 Å². The number of phosphoric acid groups is 1. The number of ether oxygens (including phenoxy) is 1. The third kappa shape index (κ3) is 69.4. The second-order valence-electron chi connectivity index (χ2n) is 26.8. The molecule has 9 nitrogen and oxygen atoms in total. The Morgan fingerprint density at radius 3 is 1.04 bits per heavy atom. The summed E-state index contributed by atoms with van der Waals surface area (Å²) >= 11 is 0. The van der Waals surface area contributed by atoms with Crippen LogP contribution in [0, 0.1) is 0 Å². The summed E-state index contributed by atoms with van der Waals surface area (Å²) in [5, 5.41) is 3.05. The number of hydrogen-bond acceptors (Lipinski definition) is 7. The van der Waals surface area contributed by atoms with Crippen LogP contribution in [-0.4, -0.2) is 69.4 Å². The molecule has 0 saturated heterocycles. The van der Waals surface area contributed by atoms with Gasteiger partial charge in [-0.05, 0) is 109 Å². The third-order valence-corrected chi connectivity index (χ3v) is 17.8. The normalized spacial score (nSPS) is 13.9. The molecule has 0 aromatic rings. The molecule has 0 heterocycles. The largest absolute Gasteiger partial charge is 0.756 e. The molecule has 0 aromatic carbocycles. The lowest BCUT2D eigenvalue weighted by Crippen LogP contribution is -2.47. The Balaban J connectivity index is 4.94. The maximum absolute atomic E-state index is 13.6. The van der Waals surface area contributed by atoms with Gasteiger partial charge >= 0.3 is 5.97 Å². The van der Waals surface area contributed by atoms with E-state index in [1.165, 1.54) is 225 Å². The Bertz CT molecular complexity index is 1800. The maximum Gasteiger partial charge on any atom is 0.306 e. The Hall–Kier alpha value is -2.81. The zero-order valence-corrected chi connectivity index (χ0v) is 60.3. The lowest BCUT2D eigenvalue weighted by molar-refractivity contribution is -0.870. The molecule has 1 amide bonds. The second kappa shape index (κ2) is 68.1. The minimum absolute atomic E-state index is 0.0247. The van der Waals surface area contributed by atoms with Crippen molar-refractivity contribution < 1.29 is 37.3 Å². The first kappa shape index (κ1) is 86.2. The van der Waals surface area contributed by atoms with E-state index in [4.69, 9.17) is 13.8 Å². The van der Waals surface area contributed by atoms with E-state index in [1.54, 1.807) is 0 Å². The molecule has 0 saturated carbocycles. The van der Waals surface area contributed by atoms with E-state index in [0.717, 1.165) is 96.3 Å². The molecule has 0 radical (unpaired) electrons. The van der Waals surface area contributed by atoms with Crippen molar-refractivity contribution in [2.75, 3.05) is 40.9 Å². The van der Waals surface area contributed by atoms with Crippen molar-refractivity contribution in [1.82, 2.24) is 5.32 Å². The monoisotopic (exact) mass is 1270 g/mol. The highest BCUT2D eigenvalue weighted by atomic mass is 31.2. The summed E-state index contributed by atoms with van der Waals surface area (Å²) < 4.78 is 30.5. The van der Waals surface area contributed by atoms with Gasteiger partial charge in [0.1, 0.15) is 19.3 Å². The van der Waals surface area contributed by atoms with Gasteiger partial charge in [0.15, 0.2) is 0 Å². The second-order valence-corrected chi connectivity index (χ2v) is 28.2. The van der Waals surface area contributed by atoms with Crippen LogP contribution in [0.25, 0.3) is 0 Å². The first-order chi connectivity index (χ1) is 43.4. The predicted molar refractivity (Wildman–Crippen MR) is 385 cm³/mol. The summed E-state index contributed by atoms with van der Waals surface area (Å²) in [5.74, 6) is -0.538. The van der Waals surface area contributed by atoms with Gasteiger partial charge in [-0.1, -0.05) is 318 Å². The van der Waals surface area contributed by atoms with Gasteiger partial charge < -0.3 is 28.5 Å².